The Hall–Kier alpha value is -0.930. The molecule has 3 nitrogen and oxygen atoms in total. The maximum absolute atomic E-state index is 6.24. The Bertz CT molecular complexity index is 376. The van der Waals surface area contributed by atoms with E-state index in [0.717, 1.165) is 42.5 Å². The zero-order chi connectivity index (χ0) is 12.3. The van der Waals surface area contributed by atoms with Gasteiger partial charge in [0.25, 0.3) is 0 Å². The van der Waals surface area contributed by atoms with Gasteiger partial charge in [0.2, 0.25) is 0 Å². The fourth-order valence-corrected chi connectivity index (χ4v) is 2.39. The van der Waals surface area contributed by atoms with Gasteiger partial charge in [-0.3, -0.25) is 0 Å². The van der Waals surface area contributed by atoms with E-state index in [0.29, 0.717) is 6.04 Å². The normalized spacial score (nSPS) is 16.9. The molecule has 1 fully saturated rings. The summed E-state index contributed by atoms with van der Waals surface area (Å²) in [7, 11) is 3.99. The van der Waals surface area contributed by atoms with E-state index < -0.39 is 0 Å². The molecule has 0 bridgehead atoms. The van der Waals surface area contributed by atoms with Crippen LogP contribution in [0, 0.1) is 0 Å². The Morgan fingerprint density at radius 3 is 2.59 bits per heavy atom. The monoisotopic (exact) mass is 254 g/mol. The minimum absolute atomic E-state index is 0.505. The fraction of sp³-hybridized carbons (Fsp3) is 0.538. The Morgan fingerprint density at radius 1 is 1.29 bits per heavy atom. The first kappa shape index (κ1) is 12.5. The molecular formula is C13H19ClN2O. The molecule has 1 aromatic carbocycles. The first-order valence-electron chi connectivity index (χ1n) is 5.98. The van der Waals surface area contributed by atoms with Gasteiger partial charge in [0.05, 0.1) is 10.7 Å². The molecule has 2 rings (SSSR count). The molecule has 1 heterocycles. The van der Waals surface area contributed by atoms with Crippen LogP contribution in [0.1, 0.15) is 12.8 Å². The van der Waals surface area contributed by atoms with E-state index >= 15 is 0 Å². The summed E-state index contributed by atoms with van der Waals surface area (Å²) in [5.74, 6) is 0. The van der Waals surface area contributed by atoms with Crippen molar-refractivity contribution < 1.29 is 4.74 Å². The Kier molecular flexibility index (Phi) is 4.13. The van der Waals surface area contributed by atoms with E-state index in [1.165, 1.54) is 0 Å². The van der Waals surface area contributed by atoms with Crippen LogP contribution < -0.4 is 10.2 Å². The van der Waals surface area contributed by atoms with E-state index in [4.69, 9.17) is 16.3 Å². The molecule has 0 amide bonds. The average Bonchev–Trinajstić information content (AvgIpc) is 2.30. The highest BCUT2D eigenvalue weighted by Crippen LogP contribution is 2.28. The molecule has 94 valence electrons. The van der Waals surface area contributed by atoms with Gasteiger partial charge in [-0.15, -0.1) is 0 Å². The van der Waals surface area contributed by atoms with Crippen LogP contribution in [0.5, 0.6) is 0 Å². The van der Waals surface area contributed by atoms with Crippen molar-refractivity contribution in [1.82, 2.24) is 0 Å². The lowest BCUT2D eigenvalue weighted by molar-refractivity contribution is 0.0904. The molecule has 1 aliphatic rings. The second kappa shape index (κ2) is 5.61. The lowest BCUT2D eigenvalue weighted by Crippen LogP contribution is -2.27. The van der Waals surface area contributed by atoms with Crippen LogP contribution in [0.15, 0.2) is 18.2 Å². The van der Waals surface area contributed by atoms with Crippen molar-refractivity contribution in [3.05, 3.63) is 23.2 Å². The summed E-state index contributed by atoms with van der Waals surface area (Å²) in [4.78, 5) is 2.01. The zero-order valence-electron chi connectivity index (χ0n) is 10.4. The number of nitrogens with one attached hydrogen (secondary N) is 1. The van der Waals surface area contributed by atoms with Gasteiger partial charge in [-0.25, -0.2) is 0 Å². The molecule has 0 radical (unpaired) electrons. The number of halogens is 1. The molecule has 1 saturated heterocycles. The van der Waals surface area contributed by atoms with Crippen molar-refractivity contribution >= 4 is 23.0 Å². The molecule has 0 spiro atoms. The summed E-state index contributed by atoms with van der Waals surface area (Å²) < 4.78 is 5.34. The van der Waals surface area contributed by atoms with Crippen molar-refractivity contribution in [3.8, 4) is 0 Å². The number of rotatable bonds is 3. The van der Waals surface area contributed by atoms with Crippen molar-refractivity contribution in [2.75, 3.05) is 37.5 Å². The van der Waals surface area contributed by atoms with Gasteiger partial charge in [0.1, 0.15) is 0 Å². The summed E-state index contributed by atoms with van der Waals surface area (Å²) in [5, 5.41) is 4.29. The van der Waals surface area contributed by atoms with Crippen LogP contribution in [0.2, 0.25) is 5.02 Å². The standard InChI is InChI=1S/C13H19ClN2O/c1-16(2)13-4-3-11(9-12(13)14)15-10-5-7-17-8-6-10/h3-4,9-10,15H,5-8H2,1-2H3. The van der Waals surface area contributed by atoms with E-state index in [-0.39, 0.29) is 0 Å². The van der Waals surface area contributed by atoms with E-state index in [1.54, 1.807) is 0 Å². The number of nitrogens with zero attached hydrogens (tertiary/aromatic N) is 1. The number of ether oxygens (including phenoxy) is 1. The molecule has 1 N–H and O–H groups in total. The highest BCUT2D eigenvalue weighted by atomic mass is 35.5. The summed E-state index contributed by atoms with van der Waals surface area (Å²) in [6.07, 6.45) is 2.13. The Labute approximate surface area is 108 Å². The minimum atomic E-state index is 0.505. The molecule has 0 unspecified atom stereocenters. The van der Waals surface area contributed by atoms with Crippen molar-refractivity contribution in [2.45, 2.75) is 18.9 Å². The second-order valence-corrected chi connectivity index (χ2v) is 5.00. The molecule has 1 aromatic rings. The predicted octanol–water partition coefficient (Wildman–Crippen LogP) is 3.00. The maximum atomic E-state index is 6.24. The minimum Gasteiger partial charge on any atom is -0.382 e. The molecule has 17 heavy (non-hydrogen) atoms. The van der Waals surface area contributed by atoms with Crippen molar-refractivity contribution in [3.63, 3.8) is 0 Å². The first-order chi connectivity index (χ1) is 8.16. The average molecular weight is 255 g/mol. The third kappa shape index (κ3) is 3.27. The highest BCUT2D eigenvalue weighted by molar-refractivity contribution is 6.33. The number of hydrogen-bond donors (Lipinski definition) is 1. The smallest absolute Gasteiger partial charge is 0.0659 e. The molecule has 1 aliphatic heterocycles. The largest absolute Gasteiger partial charge is 0.382 e. The zero-order valence-corrected chi connectivity index (χ0v) is 11.1. The van der Waals surface area contributed by atoms with Gasteiger partial charge in [-0.05, 0) is 31.0 Å². The Morgan fingerprint density at radius 2 is 2.00 bits per heavy atom. The number of benzene rings is 1. The predicted molar refractivity (Wildman–Crippen MR) is 73.2 cm³/mol. The van der Waals surface area contributed by atoms with Crippen LogP contribution >= 0.6 is 11.6 Å². The van der Waals surface area contributed by atoms with Gasteiger partial charge in [-0.2, -0.15) is 0 Å². The second-order valence-electron chi connectivity index (χ2n) is 4.59. The van der Waals surface area contributed by atoms with E-state index in [9.17, 15) is 0 Å². The van der Waals surface area contributed by atoms with Crippen LogP contribution in [0.4, 0.5) is 11.4 Å². The van der Waals surface area contributed by atoms with Crippen LogP contribution in [0.3, 0.4) is 0 Å². The third-order valence-corrected chi connectivity index (χ3v) is 3.32. The van der Waals surface area contributed by atoms with E-state index in [1.807, 2.05) is 31.1 Å². The molecule has 0 atom stereocenters. The Balaban J connectivity index is 2.04. The lowest BCUT2D eigenvalue weighted by Gasteiger charge is -2.24. The summed E-state index contributed by atoms with van der Waals surface area (Å²) in [6.45, 7) is 1.70. The van der Waals surface area contributed by atoms with Gasteiger partial charge in [-0.1, -0.05) is 11.6 Å². The van der Waals surface area contributed by atoms with Gasteiger partial charge < -0.3 is 15.0 Å². The van der Waals surface area contributed by atoms with E-state index in [2.05, 4.69) is 11.4 Å². The quantitative estimate of drug-likeness (QED) is 0.898. The topological polar surface area (TPSA) is 24.5 Å². The molecule has 0 aromatic heterocycles. The highest BCUT2D eigenvalue weighted by Gasteiger charge is 2.13. The van der Waals surface area contributed by atoms with Gasteiger partial charge in [0, 0.05) is 39.0 Å². The third-order valence-electron chi connectivity index (χ3n) is 3.02. The van der Waals surface area contributed by atoms with Gasteiger partial charge in [0.15, 0.2) is 0 Å². The fourth-order valence-electron chi connectivity index (χ4n) is 2.04. The number of hydrogen-bond acceptors (Lipinski definition) is 3. The summed E-state index contributed by atoms with van der Waals surface area (Å²) in [5.41, 5.74) is 2.14. The molecule has 0 aliphatic carbocycles. The lowest BCUT2D eigenvalue weighted by atomic mass is 10.1. The SMILES string of the molecule is CN(C)c1ccc(NC2CCOCC2)cc1Cl. The number of anilines is 2. The van der Waals surface area contributed by atoms with Crippen molar-refractivity contribution in [2.24, 2.45) is 0 Å². The van der Waals surface area contributed by atoms with Crippen LogP contribution in [-0.4, -0.2) is 33.4 Å². The first-order valence-corrected chi connectivity index (χ1v) is 6.36. The van der Waals surface area contributed by atoms with Gasteiger partial charge >= 0.3 is 0 Å². The summed E-state index contributed by atoms with van der Waals surface area (Å²) >= 11 is 6.24. The van der Waals surface area contributed by atoms with Crippen LogP contribution in [-0.2, 0) is 4.74 Å². The molecule has 0 saturated carbocycles. The summed E-state index contributed by atoms with van der Waals surface area (Å²) in [6, 6.07) is 6.62. The molecule has 4 heteroatoms. The van der Waals surface area contributed by atoms with Crippen LogP contribution in [0.25, 0.3) is 0 Å². The maximum Gasteiger partial charge on any atom is 0.0659 e. The molecular weight excluding hydrogens is 236 g/mol. The van der Waals surface area contributed by atoms with Crippen molar-refractivity contribution in [1.29, 1.82) is 0 Å².